The number of rotatable bonds is 1. The smallest absolute Gasteiger partial charge is 0.232 e. The fraction of sp³-hybridized carbons (Fsp3) is 0.167. The molecule has 0 saturated carbocycles. The van der Waals surface area contributed by atoms with Gasteiger partial charge in [0.25, 0.3) is 0 Å². The summed E-state index contributed by atoms with van der Waals surface area (Å²) >= 11 is 0. The topological polar surface area (TPSA) is 0 Å². The van der Waals surface area contributed by atoms with E-state index in [2.05, 4.69) is 0 Å². The van der Waals surface area contributed by atoms with E-state index in [1.54, 1.807) is 24.3 Å². The van der Waals surface area contributed by atoms with Crippen LogP contribution in [0.2, 0.25) is 0 Å². The van der Waals surface area contributed by atoms with Crippen LogP contribution in [0.25, 0.3) is 10.8 Å². The fourth-order valence-corrected chi connectivity index (χ4v) is 1.55. The standard InChI is InChI=1S/C12H8F4/c13-11(12(14,15)16)10-6-5-8-3-1-2-4-9(8)7-10/h1-7,11H. The van der Waals surface area contributed by atoms with Gasteiger partial charge in [-0.15, -0.1) is 0 Å². The van der Waals surface area contributed by atoms with E-state index in [1.807, 2.05) is 0 Å². The van der Waals surface area contributed by atoms with Gasteiger partial charge in [0, 0.05) is 0 Å². The number of hydrogen-bond acceptors (Lipinski definition) is 0. The molecule has 0 bridgehead atoms. The maximum atomic E-state index is 13.0. The minimum atomic E-state index is -4.84. The van der Waals surface area contributed by atoms with E-state index < -0.39 is 12.3 Å². The van der Waals surface area contributed by atoms with Crippen molar-refractivity contribution in [2.75, 3.05) is 0 Å². The summed E-state index contributed by atoms with van der Waals surface area (Å²) in [5.74, 6) is 0. The molecule has 2 rings (SSSR count). The zero-order chi connectivity index (χ0) is 11.8. The second-order valence-corrected chi connectivity index (χ2v) is 3.51. The van der Waals surface area contributed by atoms with Crippen molar-refractivity contribution < 1.29 is 17.6 Å². The summed E-state index contributed by atoms with van der Waals surface area (Å²) in [6, 6.07) is 10.8. The molecular weight excluding hydrogens is 220 g/mol. The van der Waals surface area contributed by atoms with E-state index in [0.717, 1.165) is 5.39 Å². The quantitative estimate of drug-likeness (QED) is 0.634. The summed E-state index contributed by atoms with van der Waals surface area (Å²) in [7, 11) is 0. The highest BCUT2D eigenvalue weighted by Crippen LogP contribution is 2.36. The number of alkyl halides is 4. The molecule has 0 aliphatic heterocycles. The van der Waals surface area contributed by atoms with Gasteiger partial charge in [-0.25, -0.2) is 4.39 Å². The Morgan fingerprint density at radius 1 is 0.875 bits per heavy atom. The molecule has 0 fully saturated rings. The Balaban J connectivity index is 2.47. The molecule has 0 spiro atoms. The maximum absolute atomic E-state index is 13.0. The number of hydrogen-bond donors (Lipinski definition) is 0. The van der Waals surface area contributed by atoms with Gasteiger partial charge in [0.2, 0.25) is 6.17 Å². The third-order valence-electron chi connectivity index (χ3n) is 2.35. The van der Waals surface area contributed by atoms with Crippen molar-refractivity contribution >= 4 is 10.8 Å². The minimum Gasteiger partial charge on any atom is -0.232 e. The van der Waals surface area contributed by atoms with Gasteiger partial charge in [0.1, 0.15) is 0 Å². The van der Waals surface area contributed by atoms with Gasteiger partial charge >= 0.3 is 6.18 Å². The van der Waals surface area contributed by atoms with Crippen molar-refractivity contribution in [3.05, 3.63) is 48.0 Å². The van der Waals surface area contributed by atoms with Gasteiger partial charge in [-0.05, 0) is 22.4 Å². The van der Waals surface area contributed by atoms with Crippen molar-refractivity contribution in [2.45, 2.75) is 12.3 Å². The number of benzene rings is 2. The van der Waals surface area contributed by atoms with Crippen LogP contribution in [0.15, 0.2) is 42.5 Å². The Morgan fingerprint density at radius 3 is 2.12 bits per heavy atom. The molecule has 16 heavy (non-hydrogen) atoms. The molecule has 0 radical (unpaired) electrons. The van der Waals surface area contributed by atoms with E-state index in [0.29, 0.717) is 5.39 Å². The summed E-state index contributed by atoms with van der Waals surface area (Å²) in [5.41, 5.74) is -0.355. The van der Waals surface area contributed by atoms with E-state index in [4.69, 9.17) is 0 Å². The monoisotopic (exact) mass is 228 g/mol. The first-order chi connectivity index (χ1) is 7.48. The van der Waals surface area contributed by atoms with Crippen LogP contribution in [-0.4, -0.2) is 6.18 Å². The van der Waals surface area contributed by atoms with Gasteiger partial charge in [0.15, 0.2) is 0 Å². The van der Waals surface area contributed by atoms with Crippen LogP contribution in [-0.2, 0) is 0 Å². The third-order valence-corrected chi connectivity index (χ3v) is 2.35. The maximum Gasteiger partial charge on any atom is 0.423 e. The zero-order valence-corrected chi connectivity index (χ0v) is 8.13. The number of halogens is 4. The van der Waals surface area contributed by atoms with Gasteiger partial charge in [-0.1, -0.05) is 36.4 Å². The molecule has 84 valence electrons. The summed E-state index contributed by atoms with van der Waals surface area (Å²) in [6.45, 7) is 0. The van der Waals surface area contributed by atoms with E-state index >= 15 is 0 Å². The lowest BCUT2D eigenvalue weighted by molar-refractivity contribution is -0.182. The predicted molar refractivity (Wildman–Crippen MR) is 53.9 cm³/mol. The van der Waals surface area contributed by atoms with Crippen LogP contribution in [0.1, 0.15) is 11.7 Å². The highest BCUT2D eigenvalue weighted by molar-refractivity contribution is 5.83. The molecule has 0 amide bonds. The third kappa shape index (κ3) is 2.01. The summed E-state index contributed by atoms with van der Waals surface area (Å²) in [4.78, 5) is 0. The average Bonchev–Trinajstić information content (AvgIpc) is 2.26. The highest BCUT2D eigenvalue weighted by Gasteiger charge is 2.41. The van der Waals surface area contributed by atoms with Gasteiger partial charge in [-0.3, -0.25) is 0 Å². The van der Waals surface area contributed by atoms with Crippen molar-refractivity contribution in [1.82, 2.24) is 0 Å². The Labute approximate surface area is 89.5 Å². The van der Waals surface area contributed by atoms with E-state index in [-0.39, 0.29) is 5.56 Å². The largest absolute Gasteiger partial charge is 0.423 e. The molecule has 0 saturated heterocycles. The Bertz CT molecular complexity index is 502. The Kier molecular flexibility index (Phi) is 2.58. The highest BCUT2D eigenvalue weighted by atomic mass is 19.4. The Hall–Kier alpha value is -1.58. The lowest BCUT2D eigenvalue weighted by Gasteiger charge is -2.12. The van der Waals surface area contributed by atoms with Crippen molar-refractivity contribution in [2.24, 2.45) is 0 Å². The molecule has 0 N–H and O–H groups in total. The second-order valence-electron chi connectivity index (χ2n) is 3.51. The average molecular weight is 228 g/mol. The Morgan fingerprint density at radius 2 is 1.50 bits per heavy atom. The van der Waals surface area contributed by atoms with Crippen LogP contribution in [0.3, 0.4) is 0 Å². The lowest BCUT2D eigenvalue weighted by atomic mass is 10.0. The lowest BCUT2D eigenvalue weighted by Crippen LogP contribution is -2.16. The predicted octanol–water partition coefficient (Wildman–Crippen LogP) is 4.41. The molecule has 2 aromatic rings. The first-order valence-corrected chi connectivity index (χ1v) is 4.68. The first-order valence-electron chi connectivity index (χ1n) is 4.68. The molecule has 4 heteroatoms. The van der Waals surface area contributed by atoms with Crippen LogP contribution in [0.5, 0.6) is 0 Å². The summed E-state index contributed by atoms with van der Waals surface area (Å²) < 4.78 is 49.5. The summed E-state index contributed by atoms with van der Waals surface area (Å²) in [6.07, 6.45) is -7.76. The molecule has 2 aromatic carbocycles. The summed E-state index contributed by atoms with van der Waals surface area (Å²) in [5, 5.41) is 1.40. The van der Waals surface area contributed by atoms with Gasteiger partial charge < -0.3 is 0 Å². The van der Waals surface area contributed by atoms with E-state index in [1.165, 1.54) is 18.2 Å². The molecule has 1 unspecified atom stereocenters. The van der Waals surface area contributed by atoms with Crippen LogP contribution >= 0.6 is 0 Å². The zero-order valence-electron chi connectivity index (χ0n) is 8.13. The molecule has 0 aromatic heterocycles. The molecule has 0 heterocycles. The van der Waals surface area contributed by atoms with Gasteiger partial charge in [0.05, 0.1) is 0 Å². The van der Waals surface area contributed by atoms with Crippen LogP contribution in [0.4, 0.5) is 17.6 Å². The van der Waals surface area contributed by atoms with Gasteiger partial charge in [-0.2, -0.15) is 13.2 Å². The van der Waals surface area contributed by atoms with Crippen LogP contribution < -0.4 is 0 Å². The van der Waals surface area contributed by atoms with Crippen molar-refractivity contribution in [1.29, 1.82) is 0 Å². The molecule has 1 atom stereocenters. The normalized spacial score (nSPS) is 14.0. The van der Waals surface area contributed by atoms with Crippen molar-refractivity contribution in [3.8, 4) is 0 Å². The SMILES string of the molecule is FC(c1ccc2ccccc2c1)C(F)(F)F. The minimum absolute atomic E-state index is 0.355. The molecular formula is C12H8F4. The molecule has 0 nitrogen and oxygen atoms in total. The number of fused-ring (bicyclic) bond motifs is 1. The van der Waals surface area contributed by atoms with Crippen LogP contribution in [0, 0.1) is 0 Å². The van der Waals surface area contributed by atoms with E-state index in [9.17, 15) is 17.6 Å². The van der Waals surface area contributed by atoms with Crippen molar-refractivity contribution in [3.63, 3.8) is 0 Å². The molecule has 0 aliphatic carbocycles. The molecule has 0 aliphatic rings. The first kappa shape index (κ1) is 10.9. The fourth-order valence-electron chi connectivity index (χ4n) is 1.55. The second kappa shape index (κ2) is 3.77.